The molecule has 0 saturated carbocycles. The van der Waals surface area contributed by atoms with Gasteiger partial charge in [-0.15, -0.1) is 0 Å². The van der Waals surface area contributed by atoms with Gasteiger partial charge in [-0.05, 0) is 37.6 Å². The van der Waals surface area contributed by atoms with Gasteiger partial charge in [0.2, 0.25) is 5.91 Å². The van der Waals surface area contributed by atoms with Crippen LogP contribution in [0.5, 0.6) is 0 Å². The highest BCUT2D eigenvalue weighted by atomic mass is 16.2. The number of nitrogens with zero attached hydrogens (tertiary/aromatic N) is 2. The van der Waals surface area contributed by atoms with Gasteiger partial charge in [-0.3, -0.25) is 4.79 Å². The number of carbonyl (C=O) groups is 3. The summed E-state index contributed by atoms with van der Waals surface area (Å²) in [6.45, 7) is 4.21. The minimum absolute atomic E-state index is 0.0940. The van der Waals surface area contributed by atoms with Crippen LogP contribution in [0.2, 0.25) is 0 Å². The molecule has 2 aliphatic rings. The van der Waals surface area contributed by atoms with Crippen LogP contribution in [0.15, 0.2) is 24.3 Å². The molecule has 1 atom stereocenters. The third kappa shape index (κ3) is 4.01. The maximum atomic E-state index is 11.9. The van der Waals surface area contributed by atoms with Gasteiger partial charge in [-0.2, -0.15) is 0 Å². The van der Waals surface area contributed by atoms with Gasteiger partial charge in [0, 0.05) is 50.0 Å². The molecular formula is C17H23N5O3. The van der Waals surface area contributed by atoms with Crippen LogP contribution in [0.3, 0.4) is 0 Å². The molecule has 0 aromatic heterocycles. The maximum absolute atomic E-state index is 11.9. The van der Waals surface area contributed by atoms with Crippen LogP contribution in [-0.2, 0) is 4.79 Å². The molecule has 8 heteroatoms. The standard InChI is InChI=1S/C17H23N5O3/c1-12-2-7-15(23)22(12)14-5-3-13(4-6-14)20-16(24)18-8-10-21-11-9-19-17(21)25/h3-6,12H,2,7-11H2,1H3,(H,19,25)(H2,18,20,24). The Morgan fingerprint density at radius 1 is 1.28 bits per heavy atom. The Hall–Kier alpha value is -2.77. The Balaban J connectivity index is 1.47. The molecule has 0 radical (unpaired) electrons. The minimum atomic E-state index is -0.321. The topological polar surface area (TPSA) is 93.8 Å². The average Bonchev–Trinajstić information content (AvgIpc) is 3.14. The molecule has 1 aromatic carbocycles. The van der Waals surface area contributed by atoms with Gasteiger partial charge in [-0.1, -0.05) is 0 Å². The van der Waals surface area contributed by atoms with Crippen LogP contribution >= 0.6 is 0 Å². The predicted molar refractivity (Wildman–Crippen MR) is 94.6 cm³/mol. The van der Waals surface area contributed by atoms with Crippen molar-refractivity contribution in [2.24, 2.45) is 0 Å². The lowest BCUT2D eigenvalue weighted by atomic mass is 10.2. The van der Waals surface area contributed by atoms with Crippen molar-refractivity contribution in [2.45, 2.75) is 25.8 Å². The van der Waals surface area contributed by atoms with Gasteiger partial charge in [0.15, 0.2) is 0 Å². The van der Waals surface area contributed by atoms with Crippen molar-refractivity contribution >= 4 is 29.3 Å². The van der Waals surface area contributed by atoms with E-state index < -0.39 is 0 Å². The highest BCUT2D eigenvalue weighted by Gasteiger charge is 2.28. The molecule has 0 aliphatic carbocycles. The lowest BCUT2D eigenvalue weighted by Crippen LogP contribution is -2.38. The van der Waals surface area contributed by atoms with Crippen LogP contribution in [0.1, 0.15) is 19.8 Å². The molecule has 25 heavy (non-hydrogen) atoms. The summed E-state index contributed by atoms with van der Waals surface area (Å²) in [4.78, 5) is 38.7. The monoisotopic (exact) mass is 345 g/mol. The number of anilines is 2. The van der Waals surface area contributed by atoms with Gasteiger partial charge < -0.3 is 25.8 Å². The fourth-order valence-corrected chi connectivity index (χ4v) is 3.14. The Bertz CT molecular complexity index is 661. The van der Waals surface area contributed by atoms with E-state index in [1.165, 1.54) is 0 Å². The number of nitrogens with one attached hydrogen (secondary N) is 3. The zero-order chi connectivity index (χ0) is 17.8. The van der Waals surface area contributed by atoms with Gasteiger partial charge in [0.1, 0.15) is 0 Å². The van der Waals surface area contributed by atoms with E-state index in [0.717, 1.165) is 12.1 Å². The quantitative estimate of drug-likeness (QED) is 0.752. The Labute approximate surface area is 146 Å². The van der Waals surface area contributed by atoms with Gasteiger partial charge in [0.05, 0.1) is 0 Å². The van der Waals surface area contributed by atoms with Crippen LogP contribution in [0, 0.1) is 0 Å². The van der Waals surface area contributed by atoms with Crippen molar-refractivity contribution in [2.75, 3.05) is 36.4 Å². The second kappa shape index (κ2) is 7.42. The molecule has 134 valence electrons. The van der Waals surface area contributed by atoms with Crippen LogP contribution < -0.4 is 20.9 Å². The van der Waals surface area contributed by atoms with Crippen molar-refractivity contribution in [1.29, 1.82) is 0 Å². The molecule has 2 aliphatic heterocycles. The first-order valence-corrected chi connectivity index (χ1v) is 8.54. The third-order valence-electron chi connectivity index (χ3n) is 4.50. The maximum Gasteiger partial charge on any atom is 0.319 e. The summed E-state index contributed by atoms with van der Waals surface area (Å²) in [6.07, 6.45) is 1.45. The molecule has 5 amide bonds. The highest BCUT2D eigenvalue weighted by Crippen LogP contribution is 2.27. The fraction of sp³-hybridized carbons (Fsp3) is 0.471. The van der Waals surface area contributed by atoms with Crippen LogP contribution in [0.4, 0.5) is 21.0 Å². The van der Waals surface area contributed by atoms with E-state index in [9.17, 15) is 14.4 Å². The second-order valence-corrected chi connectivity index (χ2v) is 6.30. The molecule has 1 aromatic rings. The van der Waals surface area contributed by atoms with Crippen molar-refractivity contribution in [3.05, 3.63) is 24.3 Å². The van der Waals surface area contributed by atoms with Crippen molar-refractivity contribution < 1.29 is 14.4 Å². The zero-order valence-electron chi connectivity index (χ0n) is 14.2. The van der Waals surface area contributed by atoms with E-state index in [1.54, 1.807) is 21.9 Å². The SMILES string of the molecule is CC1CCC(=O)N1c1ccc(NC(=O)NCCN2CCNC2=O)cc1. The molecular weight excluding hydrogens is 322 g/mol. The molecule has 2 fully saturated rings. The van der Waals surface area contributed by atoms with Gasteiger partial charge >= 0.3 is 12.1 Å². The first-order chi connectivity index (χ1) is 12.0. The Kier molecular flexibility index (Phi) is 5.06. The molecule has 0 spiro atoms. The lowest BCUT2D eigenvalue weighted by molar-refractivity contribution is -0.117. The summed E-state index contributed by atoms with van der Waals surface area (Å²) in [7, 11) is 0. The Morgan fingerprint density at radius 3 is 2.64 bits per heavy atom. The van der Waals surface area contributed by atoms with Gasteiger partial charge in [-0.25, -0.2) is 9.59 Å². The van der Waals surface area contributed by atoms with E-state index >= 15 is 0 Å². The number of urea groups is 2. The van der Waals surface area contributed by atoms with E-state index in [2.05, 4.69) is 16.0 Å². The number of benzene rings is 1. The van der Waals surface area contributed by atoms with E-state index in [4.69, 9.17) is 0 Å². The normalized spacial score (nSPS) is 20.0. The summed E-state index contributed by atoms with van der Waals surface area (Å²) >= 11 is 0. The number of amides is 5. The lowest BCUT2D eigenvalue weighted by Gasteiger charge is -2.22. The number of rotatable bonds is 5. The molecule has 3 rings (SSSR count). The minimum Gasteiger partial charge on any atom is -0.336 e. The number of carbonyl (C=O) groups excluding carboxylic acids is 3. The molecule has 3 N–H and O–H groups in total. The summed E-state index contributed by atoms with van der Waals surface area (Å²) < 4.78 is 0. The number of hydrogen-bond donors (Lipinski definition) is 3. The Morgan fingerprint density at radius 2 is 2.04 bits per heavy atom. The summed E-state index contributed by atoms with van der Waals surface area (Å²) in [5.41, 5.74) is 1.50. The second-order valence-electron chi connectivity index (χ2n) is 6.30. The average molecular weight is 345 g/mol. The molecule has 0 bridgehead atoms. The van der Waals surface area contributed by atoms with Gasteiger partial charge in [0.25, 0.3) is 0 Å². The van der Waals surface area contributed by atoms with E-state index in [0.29, 0.717) is 38.3 Å². The van der Waals surface area contributed by atoms with Crippen LogP contribution in [0.25, 0.3) is 0 Å². The first kappa shape index (κ1) is 17.1. The van der Waals surface area contributed by atoms with Crippen molar-refractivity contribution in [1.82, 2.24) is 15.5 Å². The van der Waals surface area contributed by atoms with Crippen LogP contribution in [-0.4, -0.2) is 55.1 Å². The van der Waals surface area contributed by atoms with E-state index in [1.807, 2.05) is 19.1 Å². The fourth-order valence-electron chi connectivity index (χ4n) is 3.14. The molecule has 8 nitrogen and oxygen atoms in total. The smallest absolute Gasteiger partial charge is 0.319 e. The first-order valence-electron chi connectivity index (χ1n) is 8.54. The number of hydrogen-bond acceptors (Lipinski definition) is 3. The third-order valence-corrected chi connectivity index (χ3v) is 4.50. The summed E-state index contributed by atoms with van der Waals surface area (Å²) in [6, 6.07) is 7.02. The summed E-state index contributed by atoms with van der Waals surface area (Å²) in [5.74, 6) is 0.136. The predicted octanol–water partition coefficient (Wildman–Crippen LogP) is 1.35. The zero-order valence-corrected chi connectivity index (χ0v) is 14.2. The molecule has 2 saturated heterocycles. The highest BCUT2D eigenvalue weighted by molar-refractivity contribution is 5.96. The van der Waals surface area contributed by atoms with Crippen molar-refractivity contribution in [3.8, 4) is 0 Å². The van der Waals surface area contributed by atoms with Crippen molar-refractivity contribution in [3.63, 3.8) is 0 Å². The summed E-state index contributed by atoms with van der Waals surface area (Å²) in [5, 5.41) is 8.19. The van der Waals surface area contributed by atoms with E-state index in [-0.39, 0.29) is 24.0 Å². The molecule has 1 unspecified atom stereocenters. The molecule has 2 heterocycles. The largest absolute Gasteiger partial charge is 0.336 e.